The molecule has 2 aromatic carbocycles. The largest absolute Gasteiger partial charge is 0.497 e. The minimum absolute atomic E-state index is 0. The number of hydrogen-bond donors (Lipinski definition) is 2. The molecule has 0 radical (unpaired) electrons. The first kappa shape index (κ1) is 22.7. The van der Waals surface area contributed by atoms with Crippen molar-refractivity contribution < 1.29 is 4.74 Å². The van der Waals surface area contributed by atoms with Crippen LogP contribution in [0.4, 0.5) is 0 Å². The average molecular weight is 502 g/mol. The van der Waals surface area contributed by atoms with Crippen molar-refractivity contribution in [3.8, 4) is 17.0 Å². The Bertz CT molecular complexity index is 898. The molecule has 5 nitrogen and oxygen atoms in total. The molecule has 2 N–H and O–H groups in total. The van der Waals surface area contributed by atoms with Crippen LogP contribution in [0, 0.1) is 0 Å². The van der Waals surface area contributed by atoms with Gasteiger partial charge < -0.3 is 15.4 Å². The minimum atomic E-state index is 0. The number of aliphatic imine (C=N–C) groups is 1. The number of benzene rings is 2. The predicted molar refractivity (Wildman–Crippen MR) is 130 cm³/mol. The van der Waals surface area contributed by atoms with Crippen molar-refractivity contribution in [1.29, 1.82) is 0 Å². The molecule has 3 aromatic rings. The molecule has 0 amide bonds. The highest BCUT2D eigenvalue weighted by atomic mass is 127. The maximum atomic E-state index is 5.20. The van der Waals surface area contributed by atoms with Crippen molar-refractivity contribution in [2.24, 2.45) is 4.99 Å². The van der Waals surface area contributed by atoms with Crippen LogP contribution < -0.4 is 15.4 Å². The number of hydrogen-bond acceptors (Lipinski definition) is 3. The van der Waals surface area contributed by atoms with Gasteiger partial charge in [-0.1, -0.05) is 36.4 Å². The Morgan fingerprint density at radius 2 is 1.79 bits per heavy atom. The van der Waals surface area contributed by atoms with E-state index in [1.807, 2.05) is 54.7 Å². The molecule has 3 rings (SSSR count). The van der Waals surface area contributed by atoms with E-state index in [0.717, 1.165) is 35.1 Å². The van der Waals surface area contributed by atoms with Gasteiger partial charge in [0.25, 0.3) is 0 Å². The van der Waals surface area contributed by atoms with Crippen LogP contribution >= 0.6 is 24.0 Å². The van der Waals surface area contributed by atoms with Crippen LogP contribution in [0.1, 0.15) is 18.1 Å². The second-order valence-corrected chi connectivity index (χ2v) is 6.31. The Morgan fingerprint density at radius 3 is 2.48 bits per heavy atom. The molecular formula is C23H27IN4O. The van der Waals surface area contributed by atoms with Gasteiger partial charge in [0.05, 0.1) is 19.3 Å². The van der Waals surface area contributed by atoms with Crippen LogP contribution in [0.25, 0.3) is 11.3 Å². The molecule has 0 aliphatic rings. The molecule has 29 heavy (non-hydrogen) atoms. The molecule has 0 fully saturated rings. The van der Waals surface area contributed by atoms with Crippen LogP contribution in [0.2, 0.25) is 0 Å². The molecule has 0 unspecified atom stereocenters. The third kappa shape index (κ3) is 7.05. The number of nitrogens with one attached hydrogen (secondary N) is 2. The molecule has 6 heteroatoms. The Kier molecular flexibility index (Phi) is 9.43. The Hall–Kier alpha value is -2.61. The summed E-state index contributed by atoms with van der Waals surface area (Å²) >= 11 is 0. The van der Waals surface area contributed by atoms with Crippen LogP contribution in [-0.2, 0) is 13.1 Å². The van der Waals surface area contributed by atoms with Gasteiger partial charge in [-0.15, -0.1) is 24.0 Å². The lowest BCUT2D eigenvalue weighted by molar-refractivity contribution is 0.414. The topological polar surface area (TPSA) is 58.5 Å². The lowest BCUT2D eigenvalue weighted by Crippen LogP contribution is -2.36. The van der Waals surface area contributed by atoms with E-state index < -0.39 is 0 Å². The first-order valence-corrected chi connectivity index (χ1v) is 9.44. The molecule has 1 heterocycles. The van der Waals surface area contributed by atoms with Gasteiger partial charge in [-0.3, -0.25) is 4.98 Å². The standard InChI is InChI=1S/C23H26N4O.HI/c1-3-24-23(26-16-18-10-12-21(28-2)13-11-18)27-17-19-7-6-8-20(15-19)22-9-4-5-14-25-22;/h4-15H,3,16-17H2,1-2H3,(H2,24,26,27);1H. The number of halogens is 1. The number of nitrogens with zero attached hydrogens (tertiary/aromatic N) is 2. The van der Waals surface area contributed by atoms with Crippen LogP contribution in [0.5, 0.6) is 5.75 Å². The molecular weight excluding hydrogens is 475 g/mol. The summed E-state index contributed by atoms with van der Waals surface area (Å²) in [5.41, 5.74) is 4.38. The molecule has 0 aliphatic heterocycles. The highest BCUT2D eigenvalue weighted by molar-refractivity contribution is 14.0. The summed E-state index contributed by atoms with van der Waals surface area (Å²) in [6.45, 7) is 4.16. The van der Waals surface area contributed by atoms with Gasteiger partial charge in [-0.25, -0.2) is 4.99 Å². The number of rotatable bonds is 7. The third-order valence-corrected chi connectivity index (χ3v) is 4.27. The average Bonchev–Trinajstić information content (AvgIpc) is 2.77. The predicted octanol–water partition coefficient (Wildman–Crippen LogP) is 4.63. The van der Waals surface area contributed by atoms with E-state index in [2.05, 4.69) is 40.7 Å². The number of guanidine groups is 1. The molecule has 1 aromatic heterocycles. The van der Waals surface area contributed by atoms with Gasteiger partial charge >= 0.3 is 0 Å². The fourth-order valence-electron chi connectivity index (χ4n) is 2.80. The summed E-state index contributed by atoms with van der Waals surface area (Å²) in [7, 11) is 1.67. The number of ether oxygens (including phenoxy) is 1. The van der Waals surface area contributed by atoms with E-state index in [-0.39, 0.29) is 24.0 Å². The molecule has 0 spiro atoms. The molecule has 0 saturated carbocycles. The smallest absolute Gasteiger partial charge is 0.191 e. The quantitative estimate of drug-likeness (QED) is 0.281. The number of pyridine rings is 1. The maximum Gasteiger partial charge on any atom is 0.191 e. The summed E-state index contributed by atoms with van der Waals surface area (Å²) in [5.74, 6) is 1.65. The van der Waals surface area contributed by atoms with Gasteiger partial charge in [0.2, 0.25) is 0 Å². The van der Waals surface area contributed by atoms with Crippen LogP contribution in [0.15, 0.2) is 77.9 Å². The van der Waals surface area contributed by atoms with Gasteiger partial charge in [-0.05, 0) is 48.4 Å². The molecule has 0 bridgehead atoms. The Morgan fingerprint density at radius 1 is 0.966 bits per heavy atom. The molecule has 152 valence electrons. The Labute approximate surface area is 189 Å². The third-order valence-electron chi connectivity index (χ3n) is 4.27. The summed E-state index contributed by atoms with van der Waals surface area (Å²) < 4.78 is 5.20. The van der Waals surface area contributed by atoms with Crippen molar-refractivity contribution in [3.63, 3.8) is 0 Å². The lowest BCUT2D eigenvalue weighted by atomic mass is 10.1. The van der Waals surface area contributed by atoms with Gasteiger partial charge in [-0.2, -0.15) is 0 Å². The van der Waals surface area contributed by atoms with E-state index in [0.29, 0.717) is 13.1 Å². The molecule has 0 aliphatic carbocycles. The summed E-state index contributed by atoms with van der Waals surface area (Å²) in [6, 6.07) is 22.3. The van der Waals surface area contributed by atoms with Crippen LogP contribution in [-0.4, -0.2) is 24.6 Å². The lowest BCUT2D eigenvalue weighted by Gasteiger charge is -2.12. The SMILES string of the molecule is CCNC(=NCc1cccc(-c2ccccn2)c1)NCc1ccc(OC)cc1.I. The maximum absolute atomic E-state index is 5.20. The number of methoxy groups -OCH3 is 1. The van der Waals surface area contributed by atoms with E-state index in [4.69, 9.17) is 9.73 Å². The first-order valence-electron chi connectivity index (χ1n) is 9.44. The van der Waals surface area contributed by atoms with E-state index in [9.17, 15) is 0 Å². The van der Waals surface area contributed by atoms with Gasteiger partial charge in [0, 0.05) is 24.8 Å². The molecule has 0 saturated heterocycles. The van der Waals surface area contributed by atoms with Gasteiger partial charge in [0.1, 0.15) is 5.75 Å². The van der Waals surface area contributed by atoms with Gasteiger partial charge in [0.15, 0.2) is 5.96 Å². The second kappa shape index (κ2) is 12.1. The first-order chi connectivity index (χ1) is 13.8. The van der Waals surface area contributed by atoms with E-state index in [1.54, 1.807) is 7.11 Å². The zero-order chi connectivity index (χ0) is 19.6. The van der Waals surface area contributed by atoms with Crippen LogP contribution in [0.3, 0.4) is 0 Å². The number of aromatic nitrogens is 1. The highest BCUT2D eigenvalue weighted by Crippen LogP contribution is 2.18. The Balaban J connectivity index is 0.00000300. The fourth-order valence-corrected chi connectivity index (χ4v) is 2.80. The second-order valence-electron chi connectivity index (χ2n) is 6.31. The van der Waals surface area contributed by atoms with Crippen molar-refractivity contribution in [1.82, 2.24) is 15.6 Å². The fraction of sp³-hybridized carbons (Fsp3) is 0.217. The monoisotopic (exact) mass is 502 g/mol. The summed E-state index contributed by atoms with van der Waals surface area (Å²) in [5, 5.41) is 6.67. The zero-order valence-electron chi connectivity index (χ0n) is 16.8. The van der Waals surface area contributed by atoms with Crippen molar-refractivity contribution in [3.05, 3.63) is 84.1 Å². The normalized spacial score (nSPS) is 10.8. The summed E-state index contributed by atoms with van der Waals surface area (Å²) in [4.78, 5) is 9.14. The van der Waals surface area contributed by atoms with E-state index in [1.165, 1.54) is 5.56 Å². The van der Waals surface area contributed by atoms with Crippen molar-refractivity contribution >= 4 is 29.9 Å². The van der Waals surface area contributed by atoms with E-state index >= 15 is 0 Å². The summed E-state index contributed by atoms with van der Waals surface area (Å²) in [6.07, 6.45) is 1.81. The highest BCUT2D eigenvalue weighted by Gasteiger charge is 2.02. The van der Waals surface area contributed by atoms with Crippen molar-refractivity contribution in [2.75, 3.05) is 13.7 Å². The minimum Gasteiger partial charge on any atom is -0.497 e. The molecule has 0 atom stereocenters. The van der Waals surface area contributed by atoms with Crippen molar-refractivity contribution in [2.45, 2.75) is 20.0 Å². The zero-order valence-corrected chi connectivity index (χ0v) is 19.1.